The fourth-order valence-corrected chi connectivity index (χ4v) is 2.00. The van der Waals surface area contributed by atoms with Crippen molar-refractivity contribution in [1.29, 1.82) is 0 Å². The number of hydrogen-bond donors (Lipinski definition) is 1. The highest BCUT2D eigenvalue weighted by molar-refractivity contribution is 5.28. The molecule has 1 aromatic heterocycles. The lowest BCUT2D eigenvalue weighted by Gasteiger charge is -2.20. The fourth-order valence-electron chi connectivity index (χ4n) is 2.00. The Bertz CT molecular complexity index is 508. The van der Waals surface area contributed by atoms with E-state index in [1.807, 2.05) is 36.5 Å². The molecule has 0 radical (unpaired) electrons. The average Bonchev–Trinajstić information content (AvgIpc) is 2.95. The van der Waals surface area contributed by atoms with Gasteiger partial charge in [-0.05, 0) is 32.6 Å². The molecule has 0 spiro atoms. The molecule has 0 aliphatic heterocycles. The summed E-state index contributed by atoms with van der Waals surface area (Å²) in [6.07, 6.45) is 1.82. The molecular formula is C15H23N5. The topological polar surface area (TPSA) is 46.0 Å². The highest BCUT2D eigenvalue weighted by atomic mass is 15.5. The zero-order valence-corrected chi connectivity index (χ0v) is 12.5. The van der Waals surface area contributed by atoms with E-state index in [-0.39, 0.29) is 0 Å². The van der Waals surface area contributed by atoms with Crippen LogP contribution in [0.1, 0.15) is 19.5 Å². The lowest BCUT2D eigenvalue weighted by atomic mass is 10.3. The molecule has 0 fully saturated rings. The first kappa shape index (κ1) is 14.7. The van der Waals surface area contributed by atoms with Crippen molar-refractivity contribution in [2.45, 2.75) is 26.4 Å². The molecule has 1 heterocycles. The van der Waals surface area contributed by atoms with Crippen LogP contribution in [0, 0.1) is 0 Å². The van der Waals surface area contributed by atoms with E-state index < -0.39 is 0 Å². The third-order valence-electron chi connectivity index (χ3n) is 3.28. The summed E-state index contributed by atoms with van der Waals surface area (Å²) in [6.45, 7) is 7.19. The summed E-state index contributed by atoms with van der Waals surface area (Å²) in [5.41, 5.74) is 1.94. The maximum atomic E-state index is 4.48. The van der Waals surface area contributed by atoms with Crippen molar-refractivity contribution >= 4 is 0 Å². The highest BCUT2D eigenvalue weighted by Crippen LogP contribution is 2.04. The summed E-state index contributed by atoms with van der Waals surface area (Å²) in [4.78, 5) is 3.96. The second-order valence-electron chi connectivity index (χ2n) is 5.10. The molecule has 1 unspecified atom stereocenters. The van der Waals surface area contributed by atoms with Gasteiger partial charge in [0.1, 0.15) is 0 Å². The minimum Gasteiger partial charge on any atom is -0.307 e. The number of nitrogens with one attached hydrogen (secondary N) is 1. The van der Waals surface area contributed by atoms with E-state index in [1.165, 1.54) is 0 Å². The van der Waals surface area contributed by atoms with Gasteiger partial charge in [0.25, 0.3) is 0 Å². The summed E-state index contributed by atoms with van der Waals surface area (Å²) in [5.74, 6) is 0. The van der Waals surface area contributed by atoms with Crippen molar-refractivity contribution in [3.63, 3.8) is 0 Å². The van der Waals surface area contributed by atoms with Gasteiger partial charge >= 0.3 is 0 Å². The van der Waals surface area contributed by atoms with E-state index in [9.17, 15) is 0 Å². The molecule has 1 atom stereocenters. The summed E-state index contributed by atoms with van der Waals surface area (Å²) in [5, 5.41) is 12.2. The van der Waals surface area contributed by atoms with Crippen LogP contribution in [0.25, 0.3) is 5.69 Å². The Hall–Kier alpha value is -1.72. The van der Waals surface area contributed by atoms with Gasteiger partial charge in [0.2, 0.25) is 0 Å². The normalized spacial score (nSPS) is 12.8. The van der Waals surface area contributed by atoms with E-state index in [1.54, 1.807) is 4.80 Å². The van der Waals surface area contributed by atoms with Gasteiger partial charge in [-0.15, -0.1) is 0 Å². The molecule has 0 saturated carbocycles. The van der Waals surface area contributed by atoms with E-state index in [2.05, 4.69) is 41.3 Å². The second kappa shape index (κ2) is 7.17. The Morgan fingerprint density at radius 2 is 2.05 bits per heavy atom. The van der Waals surface area contributed by atoms with Crippen molar-refractivity contribution in [3.05, 3.63) is 42.2 Å². The first-order chi connectivity index (χ1) is 9.69. The molecular weight excluding hydrogens is 250 g/mol. The van der Waals surface area contributed by atoms with Gasteiger partial charge in [-0.25, -0.2) is 0 Å². The van der Waals surface area contributed by atoms with Crippen molar-refractivity contribution in [3.8, 4) is 5.69 Å². The smallest absolute Gasteiger partial charge is 0.0969 e. The zero-order valence-electron chi connectivity index (χ0n) is 12.5. The summed E-state index contributed by atoms with van der Waals surface area (Å²) in [6, 6.07) is 10.4. The number of nitrogens with zero attached hydrogens (tertiary/aromatic N) is 4. The lowest BCUT2D eigenvalue weighted by molar-refractivity contribution is 0.309. The SMILES string of the molecule is CCN(C)CC(C)NCc1cnn(-c2ccccc2)n1. The summed E-state index contributed by atoms with van der Waals surface area (Å²) < 4.78 is 0. The van der Waals surface area contributed by atoms with Crippen LogP contribution in [-0.2, 0) is 6.54 Å². The number of aromatic nitrogens is 3. The molecule has 2 aromatic rings. The minimum atomic E-state index is 0.432. The number of hydrogen-bond acceptors (Lipinski definition) is 4. The van der Waals surface area contributed by atoms with Crippen LogP contribution in [0.2, 0.25) is 0 Å². The molecule has 20 heavy (non-hydrogen) atoms. The van der Waals surface area contributed by atoms with E-state index in [0.29, 0.717) is 6.04 Å². The highest BCUT2D eigenvalue weighted by Gasteiger charge is 2.07. The second-order valence-corrected chi connectivity index (χ2v) is 5.10. The Balaban J connectivity index is 1.87. The molecule has 0 aliphatic carbocycles. The molecule has 0 saturated heterocycles. The maximum Gasteiger partial charge on any atom is 0.0969 e. The average molecular weight is 273 g/mol. The first-order valence-electron chi connectivity index (χ1n) is 7.07. The van der Waals surface area contributed by atoms with E-state index in [4.69, 9.17) is 0 Å². The van der Waals surface area contributed by atoms with Crippen LogP contribution in [0.3, 0.4) is 0 Å². The van der Waals surface area contributed by atoms with E-state index in [0.717, 1.165) is 31.0 Å². The Labute approximate surface area is 120 Å². The molecule has 5 nitrogen and oxygen atoms in total. The lowest BCUT2D eigenvalue weighted by Crippen LogP contribution is -2.37. The van der Waals surface area contributed by atoms with Crippen molar-refractivity contribution in [1.82, 2.24) is 25.2 Å². The molecule has 2 rings (SSSR count). The molecule has 0 aliphatic rings. The third-order valence-corrected chi connectivity index (χ3v) is 3.28. The number of para-hydroxylation sites is 1. The van der Waals surface area contributed by atoms with Gasteiger partial charge in [0, 0.05) is 19.1 Å². The van der Waals surface area contributed by atoms with Gasteiger partial charge < -0.3 is 10.2 Å². The van der Waals surface area contributed by atoms with Crippen LogP contribution in [0.4, 0.5) is 0 Å². The molecule has 5 heteroatoms. The van der Waals surface area contributed by atoms with Gasteiger partial charge in [0.15, 0.2) is 0 Å². The van der Waals surface area contributed by atoms with Crippen LogP contribution >= 0.6 is 0 Å². The predicted octanol–water partition coefficient (Wildman–Crippen LogP) is 1.70. The Morgan fingerprint density at radius 1 is 1.30 bits per heavy atom. The Morgan fingerprint density at radius 3 is 2.75 bits per heavy atom. The fraction of sp³-hybridized carbons (Fsp3) is 0.467. The van der Waals surface area contributed by atoms with Gasteiger partial charge in [-0.2, -0.15) is 15.0 Å². The summed E-state index contributed by atoms with van der Waals surface area (Å²) in [7, 11) is 2.13. The zero-order chi connectivity index (χ0) is 14.4. The van der Waals surface area contributed by atoms with Crippen molar-refractivity contribution in [2.24, 2.45) is 0 Å². The molecule has 1 N–H and O–H groups in total. The number of rotatable bonds is 7. The molecule has 0 bridgehead atoms. The molecule has 0 amide bonds. The molecule has 1 aromatic carbocycles. The van der Waals surface area contributed by atoms with Crippen LogP contribution in [0.15, 0.2) is 36.5 Å². The third kappa shape index (κ3) is 4.15. The van der Waals surface area contributed by atoms with Gasteiger partial charge in [-0.1, -0.05) is 25.1 Å². The van der Waals surface area contributed by atoms with Crippen molar-refractivity contribution in [2.75, 3.05) is 20.1 Å². The minimum absolute atomic E-state index is 0.432. The molecule has 108 valence electrons. The van der Waals surface area contributed by atoms with Crippen molar-refractivity contribution < 1.29 is 0 Å². The standard InChI is InChI=1S/C15H23N5/c1-4-19(3)12-13(2)16-10-14-11-17-20(18-14)15-8-6-5-7-9-15/h5-9,11,13,16H,4,10,12H2,1-3H3. The number of likely N-dealkylation sites (N-methyl/N-ethyl adjacent to an activating group) is 1. The Kier molecular flexibility index (Phi) is 5.26. The monoisotopic (exact) mass is 273 g/mol. The summed E-state index contributed by atoms with van der Waals surface area (Å²) >= 11 is 0. The largest absolute Gasteiger partial charge is 0.307 e. The quantitative estimate of drug-likeness (QED) is 0.834. The maximum absolute atomic E-state index is 4.48. The number of benzene rings is 1. The van der Waals surface area contributed by atoms with Crippen LogP contribution in [0.5, 0.6) is 0 Å². The first-order valence-corrected chi connectivity index (χ1v) is 7.07. The van der Waals surface area contributed by atoms with Crippen LogP contribution < -0.4 is 5.32 Å². The predicted molar refractivity (Wildman–Crippen MR) is 80.8 cm³/mol. The van der Waals surface area contributed by atoms with Gasteiger partial charge in [-0.3, -0.25) is 0 Å². The van der Waals surface area contributed by atoms with Crippen LogP contribution in [-0.4, -0.2) is 46.1 Å². The van der Waals surface area contributed by atoms with Gasteiger partial charge in [0.05, 0.1) is 17.6 Å². The van der Waals surface area contributed by atoms with E-state index >= 15 is 0 Å².